The first kappa shape index (κ1) is 39.3. The molecule has 3 aliphatic heterocycles. The van der Waals surface area contributed by atoms with E-state index in [0.717, 1.165) is 38.8 Å². The SMILES string of the molecule is N[C@@H]1CC(=O)N(c2ccc(S(=O)(=O)N3CCN(c4cc(C(F)(F)[C@H]5CC[C@H](C(=O)N[C@H]6CCC(N7C[C@H](N)C[C@H](N)C7)C6)CC5)cc(Cl)n4)CC3)cc2)C1. The Kier molecular flexibility index (Phi) is 11.5. The van der Waals surface area contributed by atoms with Crippen LogP contribution in [0.3, 0.4) is 0 Å². The highest BCUT2D eigenvalue weighted by molar-refractivity contribution is 7.89. The third kappa shape index (κ3) is 8.39. The van der Waals surface area contributed by atoms with Crippen molar-refractivity contribution >= 4 is 44.9 Å². The Morgan fingerprint density at radius 3 is 2.17 bits per heavy atom. The number of anilines is 2. The fraction of sp³-hybridized carbons (Fsp3) is 0.649. The van der Waals surface area contributed by atoms with Crippen LogP contribution in [0.5, 0.6) is 0 Å². The minimum absolute atomic E-state index is 0.0503. The van der Waals surface area contributed by atoms with Crippen LogP contribution in [0.2, 0.25) is 5.15 Å². The van der Waals surface area contributed by atoms with Gasteiger partial charge in [-0.25, -0.2) is 22.2 Å². The smallest absolute Gasteiger partial charge is 0.276 e. The fourth-order valence-electron chi connectivity index (χ4n) is 9.13. The number of nitrogens with zero attached hydrogens (tertiary/aromatic N) is 5. The van der Waals surface area contributed by atoms with Crippen LogP contribution in [0.4, 0.5) is 20.3 Å². The van der Waals surface area contributed by atoms with Crippen molar-refractivity contribution in [3.8, 4) is 0 Å². The van der Waals surface area contributed by atoms with Crippen LogP contribution in [0.1, 0.15) is 63.4 Å². The van der Waals surface area contributed by atoms with Crippen molar-refractivity contribution < 1.29 is 26.8 Å². The maximum absolute atomic E-state index is 16.1. The van der Waals surface area contributed by atoms with Gasteiger partial charge in [0.25, 0.3) is 5.92 Å². The molecule has 0 bridgehead atoms. The molecule has 5 aliphatic rings. The number of piperazine rings is 1. The van der Waals surface area contributed by atoms with Gasteiger partial charge in [0, 0.05) is 106 Å². The van der Waals surface area contributed by atoms with Crippen LogP contribution in [0.25, 0.3) is 0 Å². The maximum Gasteiger partial charge on any atom is 0.276 e. The molecule has 5 atom stereocenters. The lowest BCUT2D eigenvalue weighted by atomic mass is 9.77. The number of aromatic nitrogens is 1. The number of rotatable bonds is 9. The molecule has 1 aromatic carbocycles. The molecular weight excluding hydrogens is 740 g/mol. The molecule has 17 heteroatoms. The summed E-state index contributed by atoms with van der Waals surface area (Å²) in [6, 6.07) is 9.03. The zero-order valence-corrected chi connectivity index (χ0v) is 32.0. The second-order valence-corrected chi connectivity index (χ2v) is 18.3. The van der Waals surface area contributed by atoms with Crippen LogP contribution >= 0.6 is 11.6 Å². The first-order valence-corrected chi connectivity index (χ1v) is 21.0. The second kappa shape index (κ2) is 15.9. The van der Waals surface area contributed by atoms with E-state index in [1.165, 1.54) is 28.6 Å². The third-order valence-corrected chi connectivity index (χ3v) is 14.2. The van der Waals surface area contributed by atoms with Gasteiger partial charge in [-0.05, 0) is 87.8 Å². The van der Waals surface area contributed by atoms with Crippen molar-refractivity contribution in [2.75, 3.05) is 55.6 Å². The fourth-order valence-corrected chi connectivity index (χ4v) is 10.8. The predicted molar refractivity (Wildman–Crippen MR) is 203 cm³/mol. The molecule has 13 nitrogen and oxygen atoms in total. The monoisotopic (exact) mass is 791 g/mol. The van der Waals surface area contributed by atoms with E-state index in [2.05, 4.69) is 15.2 Å². The predicted octanol–water partition coefficient (Wildman–Crippen LogP) is 2.61. The van der Waals surface area contributed by atoms with Gasteiger partial charge in [0.1, 0.15) is 11.0 Å². The van der Waals surface area contributed by atoms with Gasteiger partial charge in [-0.3, -0.25) is 14.5 Å². The van der Waals surface area contributed by atoms with Gasteiger partial charge in [-0.15, -0.1) is 0 Å². The number of alkyl halides is 2. The van der Waals surface area contributed by atoms with E-state index in [-0.39, 0.29) is 109 Å². The first-order valence-electron chi connectivity index (χ1n) is 19.2. The standard InChI is InChI=1S/C37H52ClF2N9O4S/c38-33-15-25(37(39,40)24-3-1-23(2-4-24)36(51)44-29-5-6-31(19-29)47-20-26(41)17-27(42)21-47)16-34(45-33)46-11-13-48(14-12-46)54(52,53)32-9-7-30(8-10-32)49-22-28(43)18-35(49)50/h7-10,15-16,23-24,26-29,31H,1-6,11-14,17-22,41-43H2,(H,44,51)/t23-,24-,26-,27+,28-,29+,31?/m1/s1. The summed E-state index contributed by atoms with van der Waals surface area (Å²) in [5.74, 6) is -4.34. The molecule has 54 heavy (non-hydrogen) atoms. The topological polar surface area (TPSA) is 184 Å². The van der Waals surface area contributed by atoms with Crippen molar-refractivity contribution in [3.05, 3.63) is 47.1 Å². The summed E-state index contributed by atoms with van der Waals surface area (Å²) < 4.78 is 60.6. The number of sulfonamides is 1. The summed E-state index contributed by atoms with van der Waals surface area (Å²) >= 11 is 6.31. The number of benzene rings is 1. The maximum atomic E-state index is 16.1. The molecule has 3 saturated heterocycles. The van der Waals surface area contributed by atoms with Gasteiger partial charge in [0.05, 0.1) is 4.90 Å². The number of hydrogen-bond acceptors (Lipinski definition) is 10. The zero-order valence-electron chi connectivity index (χ0n) is 30.5. The Hall–Kier alpha value is -2.99. The number of likely N-dealkylation sites (tertiary alicyclic amines) is 1. The molecule has 2 amide bonds. The molecule has 0 spiro atoms. The van der Waals surface area contributed by atoms with Gasteiger partial charge in [-0.1, -0.05) is 11.6 Å². The highest BCUT2D eigenvalue weighted by Gasteiger charge is 2.45. The lowest BCUT2D eigenvalue weighted by Gasteiger charge is -2.38. The van der Waals surface area contributed by atoms with Crippen LogP contribution in [0.15, 0.2) is 41.3 Å². The van der Waals surface area contributed by atoms with E-state index in [4.69, 9.17) is 28.8 Å². The molecular formula is C37H52ClF2N9O4S. The Labute approximate surface area is 320 Å². The van der Waals surface area contributed by atoms with Crippen molar-refractivity contribution in [2.45, 2.75) is 98.8 Å². The largest absolute Gasteiger partial charge is 0.354 e. The van der Waals surface area contributed by atoms with Gasteiger partial charge in [0.2, 0.25) is 21.8 Å². The Morgan fingerprint density at radius 1 is 0.870 bits per heavy atom. The highest BCUT2D eigenvalue weighted by Crippen LogP contribution is 2.46. The van der Waals surface area contributed by atoms with Crippen LogP contribution < -0.4 is 32.3 Å². The number of halogens is 3. The number of hydrogen-bond donors (Lipinski definition) is 4. The van der Waals surface area contributed by atoms with E-state index in [1.807, 2.05) is 0 Å². The molecule has 5 fully saturated rings. The summed E-state index contributed by atoms with van der Waals surface area (Å²) in [6.07, 6.45) is 4.96. The second-order valence-electron chi connectivity index (χ2n) is 15.9. The van der Waals surface area contributed by atoms with Gasteiger partial charge in [0.15, 0.2) is 0 Å². The normalized spacial score (nSPS) is 30.6. The third-order valence-electron chi connectivity index (χ3n) is 12.1. The first-order chi connectivity index (χ1) is 25.7. The number of carbonyl (C=O) groups excluding carboxylic acids is 2. The van der Waals surface area contributed by atoms with Crippen LogP contribution in [-0.2, 0) is 25.5 Å². The van der Waals surface area contributed by atoms with Crippen molar-refractivity contribution in [1.82, 2.24) is 19.5 Å². The summed E-state index contributed by atoms with van der Waals surface area (Å²) in [6.45, 7) is 2.73. The van der Waals surface area contributed by atoms with Crippen molar-refractivity contribution in [3.63, 3.8) is 0 Å². The zero-order chi connectivity index (χ0) is 38.4. The number of carbonyl (C=O) groups is 2. The summed E-state index contributed by atoms with van der Waals surface area (Å²) in [7, 11) is -3.84. The molecule has 2 saturated carbocycles. The number of nitrogens with one attached hydrogen (secondary N) is 1. The van der Waals surface area contributed by atoms with Gasteiger partial charge in [-0.2, -0.15) is 4.31 Å². The molecule has 7 rings (SSSR count). The van der Waals surface area contributed by atoms with E-state index in [9.17, 15) is 18.0 Å². The minimum Gasteiger partial charge on any atom is -0.354 e. The molecule has 2 aromatic rings. The van der Waals surface area contributed by atoms with Crippen LogP contribution in [0, 0.1) is 11.8 Å². The minimum atomic E-state index is -3.84. The van der Waals surface area contributed by atoms with E-state index < -0.39 is 21.9 Å². The number of nitrogens with two attached hydrogens (primary N) is 3. The van der Waals surface area contributed by atoms with E-state index in [0.29, 0.717) is 31.1 Å². The Morgan fingerprint density at radius 2 is 1.54 bits per heavy atom. The molecule has 1 aromatic heterocycles. The lowest BCUT2D eigenvalue weighted by molar-refractivity contribution is -0.129. The summed E-state index contributed by atoms with van der Waals surface area (Å²) in [5.41, 5.74) is 18.6. The Bertz CT molecular complexity index is 1780. The molecule has 2 aliphatic carbocycles. The average Bonchev–Trinajstić information content (AvgIpc) is 3.76. The van der Waals surface area contributed by atoms with E-state index in [1.54, 1.807) is 21.9 Å². The molecule has 7 N–H and O–H groups in total. The lowest BCUT2D eigenvalue weighted by Crippen LogP contribution is -2.55. The van der Waals surface area contributed by atoms with Gasteiger partial charge >= 0.3 is 0 Å². The quantitative estimate of drug-likeness (QED) is 0.276. The number of amides is 2. The van der Waals surface area contributed by atoms with Crippen molar-refractivity contribution in [2.24, 2.45) is 29.0 Å². The number of piperidine rings is 1. The Balaban J connectivity index is 0.913. The summed E-state index contributed by atoms with van der Waals surface area (Å²) in [5, 5.41) is 3.15. The molecule has 296 valence electrons. The van der Waals surface area contributed by atoms with Crippen LogP contribution in [-0.4, -0.2) is 110 Å². The number of pyridine rings is 1. The summed E-state index contributed by atoms with van der Waals surface area (Å²) in [4.78, 5) is 35.6. The highest BCUT2D eigenvalue weighted by atomic mass is 35.5. The molecule has 4 heterocycles. The van der Waals surface area contributed by atoms with Crippen molar-refractivity contribution in [1.29, 1.82) is 0 Å². The average molecular weight is 792 g/mol. The molecule has 0 radical (unpaired) electrons. The van der Waals surface area contributed by atoms with Gasteiger partial charge < -0.3 is 32.3 Å². The molecule has 1 unspecified atom stereocenters. The van der Waals surface area contributed by atoms with E-state index >= 15 is 8.78 Å².